The average Bonchev–Trinajstić information content (AvgIpc) is 2.93. The minimum absolute atomic E-state index is 0.318. The molecule has 1 heterocycles. The quantitative estimate of drug-likeness (QED) is 0.787. The van der Waals surface area contributed by atoms with E-state index >= 15 is 0 Å². The molecular formula is C16H23N3O. The zero-order valence-corrected chi connectivity index (χ0v) is 12.5. The lowest BCUT2D eigenvalue weighted by Gasteiger charge is -2.12. The summed E-state index contributed by atoms with van der Waals surface area (Å²) in [6.07, 6.45) is 0.779. The van der Waals surface area contributed by atoms with Crippen molar-refractivity contribution in [3.05, 3.63) is 47.6 Å². The molecule has 1 atom stereocenters. The fraction of sp³-hybridized carbons (Fsp3) is 0.500. The van der Waals surface area contributed by atoms with Crippen LogP contribution < -0.4 is 5.32 Å². The molecule has 0 aliphatic heterocycles. The molecule has 0 spiro atoms. The van der Waals surface area contributed by atoms with Crippen molar-refractivity contribution in [3.8, 4) is 0 Å². The van der Waals surface area contributed by atoms with Gasteiger partial charge in [0.25, 0.3) is 0 Å². The van der Waals surface area contributed by atoms with Crippen molar-refractivity contribution in [3.63, 3.8) is 0 Å². The molecule has 0 amide bonds. The van der Waals surface area contributed by atoms with Crippen LogP contribution in [0.25, 0.3) is 0 Å². The molecule has 2 aromatic rings. The summed E-state index contributed by atoms with van der Waals surface area (Å²) in [5.74, 6) is 2.33. The van der Waals surface area contributed by atoms with E-state index in [1.54, 1.807) is 0 Å². The van der Waals surface area contributed by atoms with Gasteiger partial charge in [0.2, 0.25) is 5.89 Å². The number of hydrogen-bond donors (Lipinski definition) is 1. The maximum atomic E-state index is 5.22. The van der Waals surface area contributed by atoms with Crippen LogP contribution in [0.4, 0.5) is 0 Å². The Kier molecular flexibility index (Phi) is 5.30. The van der Waals surface area contributed by atoms with Crippen molar-refractivity contribution in [1.82, 2.24) is 15.5 Å². The topological polar surface area (TPSA) is 51.0 Å². The summed E-state index contributed by atoms with van der Waals surface area (Å²) in [4.78, 5) is 4.37. The number of aromatic nitrogens is 2. The van der Waals surface area contributed by atoms with Gasteiger partial charge >= 0.3 is 0 Å². The second-order valence-electron chi connectivity index (χ2n) is 5.47. The van der Waals surface area contributed by atoms with Crippen molar-refractivity contribution >= 4 is 0 Å². The second kappa shape index (κ2) is 7.20. The first-order chi connectivity index (χ1) is 9.66. The maximum Gasteiger partial charge on any atom is 0.227 e. The summed E-state index contributed by atoms with van der Waals surface area (Å²) >= 11 is 0. The fourth-order valence-corrected chi connectivity index (χ4v) is 2.02. The van der Waals surface area contributed by atoms with Gasteiger partial charge in [-0.25, -0.2) is 0 Å². The number of hydrogen-bond acceptors (Lipinski definition) is 4. The lowest BCUT2D eigenvalue weighted by Crippen LogP contribution is -2.22. The van der Waals surface area contributed by atoms with Crippen molar-refractivity contribution < 1.29 is 4.52 Å². The van der Waals surface area contributed by atoms with Crippen molar-refractivity contribution in [2.24, 2.45) is 0 Å². The van der Waals surface area contributed by atoms with E-state index in [0.29, 0.717) is 17.7 Å². The fourth-order valence-electron chi connectivity index (χ4n) is 2.02. The first-order valence-corrected chi connectivity index (χ1v) is 7.25. The van der Waals surface area contributed by atoms with Gasteiger partial charge in [-0.3, -0.25) is 0 Å². The Hall–Kier alpha value is -1.68. The van der Waals surface area contributed by atoms with Crippen LogP contribution in [-0.4, -0.2) is 23.2 Å². The Labute approximate surface area is 120 Å². The van der Waals surface area contributed by atoms with E-state index in [1.165, 1.54) is 5.56 Å². The molecule has 0 saturated carbocycles. The van der Waals surface area contributed by atoms with Gasteiger partial charge in [0.05, 0.1) is 0 Å². The van der Waals surface area contributed by atoms with Crippen LogP contribution in [0.2, 0.25) is 0 Å². The molecule has 108 valence electrons. The molecule has 20 heavy (non-hydrogen) atoms. The Bertz CT molecular complexity index is 507. The maximum absolute atomic E-state index is 5.22. The Morgan fingerprint density at radius 3 is 2.55 bits per heavy atom. The van der Waals surface area contributed by atoms with Gasteiger partial charge in [-0.05, 0) is 11.5 Å². The van der Waals surface area contributed by atoms with E-state index in [0.717, 1.165) is 25.3 Å². The molecule has 4 nitrogen and oxygen atoms in total. The van der Waals surface area contributed by atoms with E-state index in [4.69, 9.17) is 4.52 Å². The lowest BCUT2D eigenvalue weighted by molar-refractivity contribution is 0.368. The Morgan fingerprint density at radius 2 is 1.90 bits per heavy atom. The molecule has 4 heteroatoms. The predicted octanol–water partition coefficient (Wildman–Crippen LogP) is 3.13. The van der Waals surface area contributed by atoms with Crippen LogP contribution >= 0.6 is 0 Å². The molecule has 0 fully saturated rings. The molecule has 0 saturated heterocycles. The molecule has 0 aliphatic carbocycles. The monoisotopic (exact) mass is 273 g/mol. The van der Waals surface area contributed by atoms with Crippen LogP contribution in [0.15, 0.2) is 34.9 Å². The standard InChI is InChI=1S/C16H23N3O/c1-12(2)16-18-15(20-19-16)9-10-17-11-13(3)14-7-5-4-6-8-14/h4-8,12-13,17H,9-11H2,1-3H3. The van der Waals surface area contributed by atoms with Crippen molar-refractivity contribution in [1.29, 1.82) is 0 Å². The average molecular weight is 273 g/mol. The molecule has 1 aromatic heterocycles. The smallest absolute Gasteiger partial charge is 0.227 e. The molecule has 1 unspecified atom stereocenters. The number of rotatable bonds is 7. The van der Waals surface area contributed by atoms with Crippen molar-refractivity contribution in [2.75, 3.05) is 13.1 Å². The molecule has 0 bridgehead atoms. The third-order valence-corrected chi connectivity index (χ3v) is 3.33. The predicted molar refractivity (Wildman–Crippen MR) is 79.8 cm³/mol. The van der Waals surface area contributed by atoms with E-state index < -0.39 is 0 Å². The highest BCUT2D eigenvalue weighted by molar-refractivity contribution is 5.18. The van der Waals surface area contributed by atoms with Gasteiger partial charge in [0.1, 0.15) is 0 Å². The molecule has 1 N–H and O–H groups in total. The normalized spacial score (nSPS) is 12.8. The summed E-state index contributed by atoms with van der Waals surface area (Å²) in [5.41, 5.74) is 1.36. The number of nitrogens with one attached hydrogen (secondary N) is 1. The lowest BCUT2D eigenvalue weighted by atomic mass is 10.0. The Balaban J connectivity index is 1.71. The van der Waals surface area contributed by atoms with Gasteiger partial charge in [-0.1, -0.05) is 56.3 Å². The van der Waals surface area contributed by atoms with E-state index in [-0.39, 0.29) is 0 Å². The van der Waals surface area contributed by atoms with E-state index in [9.17, 15) is 0 Å². The largest absolute Gasteiger partial charge is 0.339 e. The van der Waals surface area contributed by atoms with Gasteiger partial charge in [0.15, 0.2) is 5.82 Å². The highest BCUT2D eigenvalue weighted by Gasteiger charge is 2.09. The zero-order chi connectivity index (χ0) is 14.4. The summed E-state index contributed by atoms with van der Waals surface area (Å²) in [7, 11) is 0. The summed E-state index contributed by atoms with van der Waals surface area (Å²) in [5, 5.41) is 7.41. The minimum Gasteiger partial charge on any atom is -0.339 e. The van der Waals surface area contributed by atoms with Crippen LogP contribution in [0.3, 0.4) is 0 Å². The first kappa shape index (κ1) is 14.7. The minimum atomic E-state index is 0.318. The van der Waals surface area contributed by atoms with Gasteiger partial charge in [-0.2, -0.15) is 4.98 Å². The van der Waals surface area contributed by atoms with Gasteiger partial charge < -0.3 is 9.84 Å². The Morgan fingerprint density at radius 1 is 1.15 bits per heavy atom. The molecule has 1 aromatic carbocycles. The van der Waals surface area contributed by atoms with E-state index in [2.05, 4.69) is 60.5 Å². The first-order valence-electron chi connectivity index (χ1n) is 7.25. The summed E-state index contributed by atoms with van der Waals surface area (Å²) in [6, 6.07) is 10.5. The van der Waals surface area contributed by atoms with E-state index in [1.807, 2.05) is 6.07 Å². The number of benzene rings is 1. The van der Waals surface area contributed by atoms with Crippen molar-refractivity contribution in [2.45, 2.75) is 39.0 Å². The van der Waals surface area contributed by atoms with Gasteiger partial charge in [-0.15, -0.1) is 0 Å². The summed E-state index contributed by atoms with van der Waals surface area (Å²) in [6.45, 7) is 8.17. The van der Waals surface area contributed by atoms with Crippen LogP contribution in [0, 0.1) is 0 Å². The highest BCUT2D eigenvalue weighted by Crippen LogP contribution is 2.13. The molecule has 0 radical (unpaired) electrons. The third-order valence-electron chi connectivity index (χ3n) is 3.33. The highest BCUT2D eigenvalue weighted by atomic mass is 16.5. The zero-order valence-electron chi connectivity index (χ0n) is 12.5. The molecular weight excluding hydrogens is 250 g/mol. The van der Waals surface area contributed by atoms with Gasteiger partial charge in [0, 0.05) is 25.4 Å². The molecule has 2 rings (SSSR count). The third kappa shape index (κ3) is 4.17. The van der Waals surface area contributed by atoms with Crippen LogP contribution in [-0.2, 0) is 6.42 Å². The summed E-state index contributed by atoms with van der Waals surface area (Å²) < 4.78 is 5.22. The SMILES string of the molecule is CC(C)c1noc(CCNCC(C)c2ccccc2)n1. The van der Waals surface area contributed by atoms with Crippen LogP contribution in [0.5, 0.6) is 0 Å². The van der Waals surface area contributed by atoms with Crippen LogP contribution in [0.1, 0.15) is 49.9 Å². The second-order valence-corrected chi connectivity index (χ2v) is 5.47. The number of nitrogens with zero attached hydrogens (tertiary/aromatic N) is 2. The molecule has 0 aliphatic rings.